The Morgan fingerprint density at radius 3 is 2.25 bits per heavy atom. The van der Waals surface area contributed by atoms with Gasteiger partial charge in [0.2, 0.25) is 0 Å². The molecule has 0 saturated carbocycles. The van der Waals surface area contributed by atoms with E-state index in [9.17, 15) is 4.79 Å². The molecule has 0 fully saturated rings. The zero-order valence-electron chi connectivity index (χ0n) is 19.1. The molecule has 186 valence electrons. The summed E-state index contributed by atoms with van der Waals surface area (Å²) in [6, 6.07) is 20.3. The van der Waals surface area contributed by atoms with Gasteiger partial charge >= 0.3 is 6.03 Å². The molecule has 4 aromatic rings. The monoisotopic (exact) mass is 561 g/mol. The van der Waals surface area contributed by atoms with E-state index in [2.05, 4.69) is 15.6 Å². The van der Waals surface area contributed by atoms with Gasteiger partial charge in [-0.15, -0.1) is 23.2 Å². The highest BCUT2D eigenvalue weighted by molar-refractivity contribution is 6.35. The van der Waals surface area contributed by atoms with E-state index in [1.807, 2.05) is 60.7 Å². The van der Waals surface area contributed by atoms with Gasteiger partial charge in [0.05, 0.1) is 11.2 Å². The molecule has 0 atom stereocenters. The summed E-state index contributed by atoms with van der Waals surface area (Å²) >= 11 is 24.8. The summed E-state index contributed by atoms with van der Waals surface area (Å²) in [5.41, 5.74) is 7.65. The zero-order valence-corrected chi connectivity index (χ0v) is 22.1. The number of nitrogens with zero attached hydrogens (tertiary/aromatic N) is 2. The van der Waals surface area contributed by atoms with E-state index in [1.165, 1.54) is 0 Å². The summed E-state index contributed by atoms with van der Waals surface area (Å²) in [4.78, 5) is 18.9. The van der Waals surface area contributed by atoms with Gasteiger partial charge in [-0.25, -0.2) is 15.6 Å². The molecule has 0 saturated heterocycles. The number of para-hydroxylation sites is 1. The number of halogens is 4. The van der Waals surface area contributed by atoms with Crippen molar-refractivity contribution in [1.82, 2.24) is 10.4 Å². The maximum absolute atomic E-state index is 11.9. The second kappa shape index (κ2) is 12.0. The third kappa shape index (κ3) is 5.97. The maximum atomic E-state index is 11.9. The lowest BCUT2D eigenvalue weighted by molar-refractivity contribution is 0.252. The van der Waals surface area contributed by atoms with E-state index >= 15 is 0 Å². The normalized spacial score (nSPS) is 10.9. The van der Waals surface area contributed by atoms with Crippen LogP contribution in [0, 0.1) is 0 Å². The van der Waals surface area contributed by atoms with Crippen LogP contribution in [0.15, 0.2) is 66.7 Å². The van der Waals surface area contributed by atoms with Gasteiger partial charge in [0.15, 0.2) is 0 Å². The van der Waals surface area contributed by atoms with Crippen molar-refractivity contribution < 1.29 is 4.79 Å². The highest BCUT2D eigenvalue weighted by Crippen LogP contribution is 2.40. The maximum Gasteiger partial charge on any atom is 0.333 e. The molecule has 0 spiro atoms. The summed E-state index contributed by atoms with van der Waals surface area (Å²) in [5.74, 6) is 6.13. The van der Waals surface area contributed by atoms with E-state index in [1.54, 1.807) is 6.07 Å². The van der Waals surface area contributed by atoms with Gasteiger partial charge in [-0.3, -0.25) is 5.43 Å². The molecule has 6 nitrogen and oxygen atoms in total. The predicted molar refractivity (Wildman–Crippen MR) is 153 cm³/mol. The fourth-order valence-electron chi connectivity index (χ4n) is 4.08. The molecule has 4 N–H and O–H groups in total. The molecule has 3 aromatic carbocycles. The fraction of sp³-hybridized carbons (Fsp3) is 0.154. The Morgan fingerprint density at radius 1 is 0.889 bits per heavy atom. The highest BCUT2D eigenvalue weighted by Gasteiger charge is 2.18. The summed E-state index contributed by atoms with van der Waals surface area (Å²) in [6.45, 7) is 1.19. The van der Waals surface area contributed by atoms with Crippen LogP contribution >= 0.6 is 46.4 Å². The minimum Gasteiger partial charge on any atom is -0.369 e. The average molecular weight is 563 g/mol. The number of carbonyl (C=O) groups excluding carboxylic acids is 1. The molecule has 36 heavy (non-hydrogen) atoms. The number of alkyl halides is 2. The van der Waals surface area contributed by atoms with Crippen LogP contribution in [0.3, 0.4) is 0 Å². The Bertz CT molecular complexity index is 1370. The SMILES string of the molecule is NNC(=O)Nc1ccc(N(CCCl)CCCl)c(-c2cc(-c3cc(Cl)cc(Cl)c3)nc3ccccc23)c1. The summed E-state index contributed by atoms with van der Waals surface area (Å²) < 4.78 is 0. The quantitative estimate of drug-likeness (QED) is 0.0920. The lowest BCUT2D eigenvalue weighted by Crippen LogP contribution is -2.34. The largest absolute Gasteiger partial charge is 0.369 e. The van der Waals surface area contributed by atoms with Crippen molar-refractivity contribution in [2.75, 3.05) is 35.1 Å². The first kappa shape index (κ1) is 26.3. The molecule has 0 unspecified atom stereocenters. The number of urea groups is 1. The number of hydrogen-bond donors (Lipinski definition) is 3. The van der Waals surface area contributed by atoms with Crippen LogP contribution < -0.4 is 21.5 Å². The third-order valence-electron chi connectivity index (χ3n) is 5.60. The van der Waals surface area contributed by atoms with Gasteiger partial charge in [0, 0.05) is 62.8 Å². The van der Waals surface area contributed by atoms with E-state index in [4.69, 9.17) is 57.2 Å². The van der Waals surface area contributed by atoms with Crippen molar-refractivity contribution in [3.8, 4) is 22.4 Å². The number of anilines is 2. The number of amides is 2. The van der Waals surface area contributed by atoms with Crippen molar-refractivity contribution in [2.24, 2.45) is 5.84 Å². The lowest BCUT2D eigenvalue weighted by atomic mass is 9.96. The molecule has 0 aliphatic rings. The summed E-state index contributed by atoms with van der Waals surface area (Å²) in [6.07, 6.45) is 0. The molecule has 2 amide bonds. The number of fused-ring (bicyclic) bond motifs is 1. The second-order valence-corrected chi connectivity index (χ2v) is 9.55. The van der Waals surface area contributed by atoms with Crippen LogP contribution in [0.25, 0.3) is 33.3 Å². The minimum absolute atomic E-state index is 0.426. The first-order valence-corrected chi connectivity index (χ1v) is 12.9. The molecule has 0 bridgehead atoms. The number of rotatable bonds is 8. The van der Waals surface area contributed by atoms with Gasteiger partial charge in [-0.2, -0.15) is 0 Å². The molecular formula is C26H23Cl4N5O. The van der Waals surface area contributed by atoms with Crippen LogP contribution in [0.4, 0.5) is 16.2 Å². The minimum atomic E-state index is -0.527. The first-order valence-electron chi connectivity index (χ1n) is 11.1. The van der Waals surface area contributed by atoms with Gasteiger partial charge in [-0.05, 0) is 54.1 Å². The number of aromatic nitrogens is 1. The lowest BCUT2D eigenvalue weighted by Gasteiger charge is -2.27. The van der Waals surface area contributed by atoms with Crippen LogP contribution in [-0.4, -0.2) is 35.9 Å². The molecular weight excluding hydrogens is 540 g/mol. The van der Waals surface area contributed by atoms with Gasteiger partial charge in [0.25, 0.3) is 0 Å². The van der Waals surface area contributed by atoms with E-state index in [0.29, 0.717) is 46.3 Å². The Balaban J connectivity index is 2.00. The molecule has 0 aliphatic carbocycles. The topological polar surface area (TPSA) is 83.3 Å². The number of nitrogens with one attached hydrogen (secondary N) is 2. The van der Waals surface area contributed by atoms with Crippen molar-refractivity contribution >= 4 is 74.7 Å². The predicted octanol–water partition coefficient (Wildman–Crippen LogP) is 7.15. The van der Waals surface area contributed by atoms with Crippen molar-refractivity contribution in [2.45, 2.75) is 0 Å². The van der Waals surface area contributed by atoms with Crippen LogP contribution in [-0.2, 0) is 0 Å². The van der Waals surface area contributed by atoms with Gasteiger partial charge in [0.1, 0.15) is 0 Å². The standard InChI is InChI=1S/C26H23Cl4N5O/c27-7-9-35(10-8-28)25-6-5-19(32-26(36)34-31)14-22(25)21-15-24(16-11-17(29)13-18(30)12-16)33-23-4-2-1-3-20(21)23/h1-6,11-15H,7-10,31H2,(H2,32,34,36). The highest BCUT2D eigenvalue weighted by atomic mass is 35.5. The van der Waals surface area contributed by atoms with Crippen molar-refractivity contribution in [3.05, 3.63) is 76.8 Å². The van der Waals surface area contributed by atoms with Crippen LogP contribution in [0.5, 0.6) is 0 Å². The Labute approximate surface area is 229 Å². The second-order valence-electron chi connectivity index (χ2n) is 7.93. The number of pyridine rings is 1. The van der Waals surface area contributed by atoms with Crippen LogP contribution in [0.2, 0.25) is 10.0 Å². The summed E-state index contributed by atoms with van der Waals surface area (Å²) in [7, 11) is 0. The fourth-order valence-corrected chi connectivity index (χ4v) is 5.01. The Kier molecular flexibility index (Phi) is 8.77. The molecule has 10 heteroatoms. The molecule has 1 aromatic heterocycles. The Morgan fingerprint density at radius 2 is 1.58 bits per heavy atom. The Hall–Kier alpha value is -2.74. The number of benzene rings is 3. The average Bonchev–Trinajstić information content (AvgIpc) is 2.87. The molecule has 4 rings (SSSR count). The molecule has 1 heterocycles. The number of carbonyl (C=O) groups is 1. The van der Waals surface area contributed by atoms with Crippen molar-refractivity contribution in [1.29, 1.82) is 0 Å². The number of nitrogens with two attached hydrogens (primary N) is 1. The smallest absolute Gasteiger partial charge is 0.333 e. The number of hydrogen-bond acceptors (Lipinski definition) is 4. The number of hydrazine groups is 1. The van der Waals surface area contributed by atoms with E-state index in [-0.39, 0.29) is 0 Å². The van der Waals surface area contributed by atoms with Gasteiger partial charge in [-0.1, -0.05) is 41.4 Å². The zero-order chi connectivity index (χ0) is 25.7. The molecule has 0 aliphatic heterocycles. The summed E-state index contributed by atoms with van der Waals surface area (Å²) in [5, 5.41) is 4.72. The van der Waals surface area contributed by atoms with Crippen LogP contribution in [0.1, 0.15) is 0 Å². The van der Waals surface area contributed by atoms with E-state index < -0.39 is 6.03 Å². The third-order valence-corrected chi connectivity index (χ3v) is 6.37. The van der Waals surface area contributed by atoms with E-state index in [0.717, 1.165) is 33.3 Å². The van der Waals surface area contributed by atoms with Gasteiger partial charge < -0.3 is 10.2 Å². The first-order chi connectivity index (χ1) is 17.4. The van der Waals surface area contributed by atoms with Crippen molar-refractivity contribution in [3.63, 3.8) is 0 Å². The molecule has 0 radical (unpaired) electrons.